The lowest BCUT2D eigenvalue weighted by atomic mass is 10.1. The summed E-state index contributed by atoms with van der Waals surface area (Å²) in [6.45, 7) is -0.257. The second-order valence-electron chi connectivity index (χ2n) is 5.89. The van der Waals surface area contributed by atoms with E-state index in [1.807, 2.05) is 0 Å². The lowest BCUT2D eigenvalue weighted by Crippen LogP contribution is -2.32. The van der Waals surface area contributed by atoms with Crippen LogP contribution in [0.5, 0.6) is 0 Å². The van der Waals surface area contributed by atoms with Crippen molar-refractivity contribution in [3.05, 3.63) is 42.1 Å². The predicted molar refractivity (Wildman–Crippen MR) is 85.0 cm³/mol. The van der Waals surface area contributed by atoms with Gasteiger partial charge < -0.3 is 10.1 Å². The molecule has 1 fully saturated rings. The van der Waals surface area contributed by atoms with E-state index in [2.05, 4.69) is 10.4 Å². The Morgan fingerprint density at radius 2 is 2.08 bits per heavy atom. The third-order valence-electron chi connectivity index (χ3n) is 3.97. The minimum Gasteiger partial charge on any atom is -0.376 e. The number of amides is 1. The zero-order valence-corrected chi connectivity index (χ0v) is 13.4. The van der Waals surface area contributed by atoms with Gasteiger partial charge in [-0.05, 0) is 12.8 Å². The number of hydrogen-bond acceptors (Lipinski definition) is 3. The van der Waals surface area contributed by atoms with Gasteiger partial charge in [0.25, 0.3) is 5.91 Å². The van der Waals surface area contributed by atoms with E-state index in [4.69, 9.17) is 4.74 Å². The molecule has 0 spiro atoms. The molecule has 0 radical (unpaired) electrons. The van der Waals surface area contributed by atoms with Crippen LogP contribution in [0.3, 0.4) is 0 Å². The van der Waals surface area contributed by atoms with Gasteiger partial charge in [0.2, 0.25) is 0 Å². The molecule has 1 unspecified atom stereocenters. The second kappa shape index (κ2) is 7.26. The maximum Gasteiger partial charge on any atom is 0.408 e. The summed E-state index contributed by atoms with van der Waals surface area (Å²) in [5.41, 5.74) is 0.780. The molecule has 1 N–H and O–H groups in total. The molecule has 1 saturated heterocycles. The van der Waals surface area contributed by atoms with E-state index in [0.717, 1.165) is 17.5 Å². The van der Waals surface area contributed by atoms with Crippen molar-refractivity contribution >= 4 is 5.91 Å². The number of benzene rings is 1. The summed E-state index contributed by atoms with van der Waals surface area (Å²) in [7, 11) is 0. The van der Waals surface area contributed by atoms with Gasteiger partial charge in [0, 0.05) is 18.7 Å². The molecular weight excluding hydrogens is 335 g/mol. The van der Waals surface area contributed by atoms with Crippen LogP contribution in [-0.2, 0) is 11.3 Å². The summed E-state index contributed by atoms with van der Waals surface area (Å²) in [6.07, 6.45) is -1.49. The number of nitrogens with one attached hydrogen (secondary N) is 1. The zero-order chi connectivity index (χ0) is 17.9. The Balaban J connectivity index is 1.86. The quantitative estimate of drug-likeness (QED) is 0.899. The second-order valence-corrected chi connectivity index (χ2v) is 5.89. The number of carbonyl (C=O) groups excluding carboxylic acids is 1. The molecule has 1 aliphatic rings. The van der Waals surface area contributed by atoms with E-state index in [0.29, 0.717) is 18.7 Å². The summed E-state index contributed by atoms with van der Waals surface area (Å²) in [5, 5.41) is 6.51. The molecule has 1 atom stereocenters. The molecule has 3 rings (SSSR count). The van der Waals surface area contributed by atoms with Crippen LogP contribution in [0.4, 0.5) is 13.2 Å². The average Bonchev–Trinajstić information content (AvgIpc) is 3.21. The van der Waals surface area contributed by atoms with Crippen molar-refractivity contribution in [1.29, 1.82) is 0 Å². The van der Waals surface area contributed by atoms with Crippen molar-refractivity contribution in [1.82, 2.24) is 15.1 Å². The molecule has 1 aromatic heterocycles. The van der Waals surface area contributed by atoms with Gasteiger partial charge in [-0.1, -0.05) is 30.3 Å². The largest absolute Gasteiger partial charge is 0.408 e. The van der Waals surface area contributed by atoms with Gasteiger partial charge in [-0.2, -0.15) is 18.3 Å². The van der Waals surface area contributed by atoms with Crippen molar-refractivity contribution < 1.29 is 22.7 Å². The summed E-state index contributed by atoms with van der Waals surface area (Å²) in [6, 6.07) is 8.47. The molecule has 25 heavy (non-hydrogen) atoms. The molecule has 0 saturated carbocycles. The average molecular weight is 353 g/mol. The fourth-order valence-electron chi connectivity index (χ4n) is 2.85. The molecule has 5 nitrogen and oxygen atoms in total. The predicted octanol–water partition coefficient (Wildman–Crippen LogP) is 3.02. The summed E-state index contributed by atoms with van der Waals surface area (Å²) in [5.74, 6) is -0.456. The van der Waals surface area contributed by atoms with Gasteiger partial charge in [-0.25, -0.2) is 0 Å². The normalized spacial score (nSPS) is 17.6. The summed E-state index contributed by atoms with van der Waals surface area (Å²) >= 11 is 0. The fraction of sp³-hybridized carbons (Fsp3) is 0.412. The Hall–Kier alpha value is -2.35. The van der Waals surface area contributed by atoms with Gasteiger partial charge in [-0.3, -0.25) is 9.48 Å². The SMILES string of the molecule is O=C(NCC1CCCO1)c1cnn(CC(F)(F)F)c1-c1ccccc1. The van der Waals surface area contributed by atoms with Crippen molar-refractivity contribution in [2.75, 3.05) is 13.2 Å². The summed E-state index contributed by atoms with van der Waals surface area (Å²) in [4.78, 5) is 12.5. The van der Waals surface area contributed by atoms with Crippen LogP contribution in [0, 0.1) is 0 Å². The number of carbonyl (C=O) groups is 1. The van der Waals surface area contributed by atoms with Gasteiger partial charge in [0.05, 0.1) is 23.6 Å². The molecule has 1 amide bonds. The number of ether oxygens (including phenoxy) is 1. The Kier molecular flexibility index (Phi) is 5.08. The van der Waals surface area contributed by atoms with E-state index in [1.165, 1.54) is 6.20 Å². The minimum atomic E-state index is -4.43. The fourth-order valence-corrected chi connectivity index (χ4v) is 2.85. The number of hydrogen-bond donors (Lipinski definition) is 1. The molecule has 0 bridgehead atoms. The molecule has 1 aromatic carbocycles. The first kappa shape index (κ1) is 17.5. The standard InChI is InChI=1S/C17H18F3N3O2/c18-17(19,20)11-23-15(12-5-2-1-3-6-12)14(10-22-23)16(24)21-9-13-7-4-8-25-13/h1-3,5-6,10,13H,4,7-9,11H2,(H,21,24). The van der Waals surface area contributed by atoms with Gasteiger partial charge >= 0.3 is 6.18 Å². The highest BCUT2D eigenvalue weighted by atomic mass is 19.4. The Labute approximate surface area is 142 Å². The lowest BCUT2D eigenvalue weighted by molar-refractivity contribution is -0.142. The van der Waals surface area contributed by atoms with Gasteiger partial charge in [0.15, 0.2) is 0 Å². The van der Waals surface area contributed by atoms with E-state index >= 15 is 0 Å². The highest BCUT2D eigenvalue weighted by Crippen LogP contribution is 2.27. The summed E-state index contributed by atoms with van der Waals surface area (Å²) < 4.78 is 44.7. The van der Waals surface area contributed by atoms with Crippen molar-refractivity contribution in [2.45, 2.75) is 31.7 Å². The minimum absolute atomic E-state index is 0.0469. The van der Waals surface area contributed by atoms with E-state index in [-0.39, 0.29) is 17.4 Å². The number of nitrogens with zero attached hydrogens (tertiary/aromatic N) is 2. The van der Waals surface area contributed by atoms with Crippen molar-refractivity contribution in [2.24, 2.45) is 0 Å². The monoisotopic (exact) mass is 353 g/mol. The highest BCUT2D eigenvalue weighted by Gasteiger charge is 2.31. The van der Waals surface area contributed by atoms with E-state index in [9.17, 15) is 18.0 Å². The number of aromatic nitrogens is 2. The van der Waals surface area contributed by atoms with E-state index < -0.39 is 18.6 Å². The van der Waals surface area contributed by atoms with E-state index in [1.54, 1.807) is 30.3 Å². The zero-order valence-electron chi connectivity index (χ0n) is 13.4. The number of halogens is 3. The Bertz CT molecular complexity index is 722. The van der Waals surface area contributed by atoms with Gasteiger partial charge in [-0.15, -0.1) is 0 Å². The van der Waals surface area contributed by atoms with Crippen LogP contribution in [0.1, 0.15) is 23.2 Å². The number of rotatable bonds is 5. The van der Waals surface area contributed by atoms with Crippen LogP contribution in [0.25, 0.3) is 11.3 Å². The Morgan fingerprint density at radius 1 is 1.32 bits per heavy atom. The molecule has 8 heteroatoms. The van der Waals surface area contributed by atoms with Crippen molar-refractivity contribution in [3.63, 3.8) is 0 Å². The third kappa shape index (κ3) is 4.39. The third-order valence-corrected chi connectivity index (χ3v) is 3.97. The first-order chi connectivity index (χ1) is 11.9. The lowest BCUT2D eigenvalue weighted by Gasteiger charge is -2.13. The molecule has 0 aliphatic carbocycles. The van der Waals surface area contributed by atoms with Crippen LogP contribution in [0.15, 0.2) is 36.5 Å². The first-order valence-electron chi connectivity index (χ1n) is 8.02. The van der Waals surface area contributed by atoms with Gasteiger partial charge in [0.1, 0.15) is 6.54 Å². The van der Waals surface area contributed by atoms with Crippen LogP contribution in [0.2, 0.25) is 0 Å². The maximum atomic E-state index is 12.8. The first-order valence-corrected chi connectivity index (χ1v) is 8.02. The number of alkyl halides is 3. The topological polar surface area (TPSA) is 56.1 Å². The molecular formula is C17H18F3N3O2. The Morgan fingerprint density at radius 3 is 2.72 bits per heavy atom. The highest BCUT2D eigenvalue weighted by molar-refractivity contribution is 5.99. The molecule has 2 aromatic rings. The molecule has 134 valence electrons. The smallest absolute Gasteiger partial charge is 0.376 e. The van der Waals surface area contributed by atoms with Crippen LogP contribution >= 0.6 is 0 Å². The van der Waals surface area contributed by atoms with Crippen LogP contribution < -0.4 is 5.32 Å². The maximum absolute atomic E-state index is 12.8. The van der Waals surface area contributed by atoms with Crippen molar-refractivity contribution in [3.8, 4) is 11.3 Å². The molecule has 1 aliphatic heterocycles. The van der Waals surface area contributed by atoms with Crippen LogP contribution in [-0.4, -0.2) is 41.1 Å². The molecule has 2 heterocycles.